The van der Waals surface area contributed by atoms with Gasteiger partial charge in [-0.1, -0.05) is 6.92 Å². The van der Waals surface area contributed by atoms with Gasteiger partial charge >= 0.3 is 0 Å². The van der Waals surface area contributed by atoms with Crippen LogP contribution in [0.5, 0.6) is 0 Å². The van der Waals surface area contributed by atoms with E-state index in [1.54, 1.807) is 0 Å². The smallest absolute Gasteiger partial charge is 0.0594 e. The minimum Gasteiger partial charge on any atom is -0.379 e. The molecule has 2 saturated heterocycles. The van der Waals surface area contributed by atoms with E-state index in [1.807, 2.05) is 0 Å². The van der Waals surface area contributed by atoms with Crippen molar-refractivity contribution in [3.63, 3.8) is 0 Å². The van der Waals surface area contributed by atoms with Crippen LogP contribution in [-0.4, -0.2) is 61.8 Å². The molecule has 3 heteroatoms. The van der Waals surface area contributed by atoms with E-state index < -0.39 is 0 Å². The zero-order valence-electron chi connectivity index (χ0n) is 9.95. The molecule has 3 nitrogen and oxygen atoms in total. The number of rotatable bonds is 4. The molecule has 0 N–H and O–H groups in total. The van der Waals surface area contributed by atoms with Crippen LogP contribution in [0.4, 0.5) is 0 Å². The second-order valence-corrected chi connectivity index (χ2v) is 4.75. The number of nitrogens with zero attached hydrogens (tertiary/aromatic N) is 2. The van der Waals surface area contributed by atoms with Crippen LogP contribution in [0.15, 0.2) is 0 Å². The second-order valence-electron chi connectivity index (χ2n) is 4.75. The van der Waals surface area contributed by atoms with Crippen molar-refractivity contribution in [2.24, 2.45) is 0 Å². The molecule has 0 aliphatic carbocycles. The predicted molar refractivity (Wildman–Crippen MR) is 62.1 cm³/mol. The van der Waals surface area contributed by atoms with Crippen molar-refractivity contribution in [1.82, 2.24) is 9.80 Å². The largest absolute Gasteiger partial charge is 0.379 e. The number of hydrogen-bond donors (Lipinski definition) is 0. The average Bonchev–Trinajstić information content (AvgIpc) is 2.68. The fourth-order valence-corrected chi connectivity index (χ4v) is 2.77. The van der Waals surface area contributed by atoms with Crippen LogP contribution >= 0.6 is 0 Å². The molecule has 2 aliphatic rings. The Kier molecular flexibility index (Phi) is 4.42. The maximum atomic E-state index is 5.38. The molecule has 2 rings (SSSR count). The number of ether oxygens (including phenoxy) is 1. The third-order valence-electron chi connectivity index (χ3n) is 3.58. The average molecular weight is 212 g/mol. The molecule has 1 atom stereocenters. The molecule has 15 heavy (non-hydrogen) atoms. The fraction of sp³-hybridized carbons (Fsp3) is 1.00. The van der Waals surface area contributed by atoms with Gasteiger partial charge in [0.25, 0.3) is 0 Å². The van der Waals surface area contributed by atoms with Crippen LogP contribution in [0.1, 0.15) is 26.2 Å². The van der Waals surface area contributed by atoms with Gasteiger partial charge in [0.1, 0.15) is 0 Å². The Balaban J connectivity index is 1.76. The lowest BCUT2D eigenvalue weighted by Gasteiger charge is -2.32. The zero-order valence-corrected chi connectivity index (χ0v) is 9.95. The minimum absolute atomic E-state index is 0.822. The molecule has 0 bridgehead atoms. The fourth-order valence-electron chi connectivity index (χ4n) is 2.77. The van der Waals surface area contributed by atoms with Gasteiger partial charge < -0.3 is 4.74 Å². The Morgan fingerprint density at radius 1 is 1.20 bits per heavy atom. The SMILES string of the molecule is CCCN1CCCC1CN1CCOCC1. The Hall–Kier alpha value is -0.120. The van der Waals surface area contributed by atoms with Crippen LogP contribution in [0.3, 0.4) is 0 Å². The molecule has 0 aromatic carbocycles. The Labute approximate surface area is 93.4 Å². The molecule has 2 heterocycles. The number of hydrogen-bond acceptors (Lipinski definition) is 3. The quantitative estimate of drug-likeness (QED) is 0.696. The molecule has 0 aromatic rings. The summed E-state index contributed by atoms with van der Waals surface area (Å²) < 4.78 is 5.38. The van der Waals surface area contributed by atoms with Crippen molar-refractivity contribution in [1.29, 1.82) is 0 Å². The van der Waals surface area contributed by atoms with E-state index in [1.165, 1.54) is 38.9 Å². The summed E-state index contributed by atoms with van der Waals surface area (Å²) in [5, 5.41) is 0. The maximum Gasteiger partial charge on any atom is 0.0594 e. The van der Waals surface area contributed by atoms with E-state index in [0.29, 0.717) is 0 Å². The first-order chi connectivity index (χ1) is 7.40. The monoisotopic (exact) mass is 212 g/mol. The van der Waals surface area contributed by atoms with Crippen LogP contribution in [0.25, 0.3) is 0 Å². The second kappa shape index (κ2) is 5.83. The molecule has 1 unspecified atom stereocenters. The van der Waals surface area contributed by atoms with Crippen LogP contribution in [0.2, 0.25) is 0 Å². The van der Waals surface area contributed by atoms with Crippen molar-refractivity contribution in [3.05, 3.63) is 0 Å². The first kappa shape index (κ1) is 11.4. The highest BCUT2D eigenvalue weighted by molar-refractivity contribution is 4.82. The minimum atomic E-state index is 0.822. The third kappa shape index (κ3) is 3.16. The van der Waals surface area contributed by atoms with Crippen molar-refractivity contribution in [2.75, 3.05) is 45.9 Å². The van der Waals surface area contributed by atoms with E-state index in [-0.39, 0.29) is 0 Å². The maximum absolute atomic E-state index is 5.38. The summed E-state index contributed by atoms with van der Waals surface area (Å²) in [5.41, 5.74) is 0. The summed E-state index contributed by atoms with van der Waals surface area (Å²) in [7, 11) is 0. The van der Waals surface area contributed by atoms with Gasteiger partial charge in [-0.25, -0.2) is 0 Å². The molecule has 0 radical (unpaired) electrons. The summed E-state index contributed by atoms with van der Waals surface area (Å²) in [4.78, 5) is 5.25. The molecule has 2 aliphatic heterocycles. The van der Waals surface area contributed by atoms with E-state index in [9.17, 15) is 0 Å². The molecule has 88 valence electrons. The zero-order chi connectivity index (χ0) is 10.5. The van der Waals surface area contributed by atoms with E-state index in [4.69, 9.17) is 4.74 Å². The van der Waals surface area contributed by atoms with Gasteiger partial charge in [-0.05, 0) is 32.4 Å². The molecular formula is C12H24N2O. The summed E-state index contributed by atoms with van der Waals surface area (Å²) in [6.07, 6.45) is 4.09. The normalized spacial score (nSPS) is 29.8. The van der Waals surface area contributed by atoms with Gasteiger partial charge in [-0.2, -0.15) is 0 Å². The molecule has 0 aromatic heterocycles. The van der Waals surface area contributed by atoms with Gasteiger partial charge in [0.05, 0.1) is 13.2 Å². The molecule has 0 amide bonds. The first-order valence-electron chi connectivity index (χ1n) is 6.44. The number of morpholine rings is 1. The van der Waals surface area contributed by atoms with Crippen LogP contribution < -0.4 is 0 Å². The standard InChI is InChI=1S/C12H24N2O/c1-2-5-14-6-3-4-12(14)11-13-7-9-15-10-8-13/h12H,2-11H2,1H3. The van der Waals surface area contributed by atoms with Crippen molar-refractivity contribution in [3.8, 4) is 0 Å². The first-order valence-corrected chi connectivity index (χ1v) is 6.44. The topological polar surface area (TPSA) is 15.7 Å². The van der Waals surface area contributed by atoms with E-state index >= 15 is 0 Å². The summed E-state index contributed by atoms with van der Waals surface area (Å²) >= 11 is 0. The van der Waals surface area contributed by atoms with Crippen LogP contribution in [-0.2, 0) is 4.74 Å². The highest BCUT2D eigenvalue weighted by Gasteiger charge is 2.26. The Morgan fingerprint density at radius 2 is 2.00 bits per heavy atom. The molecule has 0 spiro atoms. The lowest BCUT2D eigenvalue weighted by molar-refractivity contribution is 0.0268. The summed E-state index contributed by atoms with van der Waals surface area (Å²) in [6, 6.07) is 0.822. The van der Waals surface area contributed by atoms with E-state index in [0.717, 1.165) is 32.3 Å². The highest BCUT2D eigenvalue weighted by atomic mass is 16.5. The lowest BCUT2D eigenvalue weighted by atomic mass is 10.2. The highest BCUT2D eigenvalue weighted by Crippen LogP contribution is 2.18. The van der Waals surface area contributed by atoms with Gasteiger partial charge in [0, 0.05) is 25.7 Å². The third-order valence-corrected chi connectivity index (χ3v) is 3.58. The van der Waals surface area contributed by atoms with E-state index in [2.05, 4.69) is 16.7 Å². The molecular weight excluding hydrogens is 188 g/mol. The molecule has 0 saturated carbocycles. The van der Waals surface area contributed by atoms with Gasteiger partial charge in [-0.15, -0.1) is 0 Å². The van der Waals surface area contributed by atoms with Gasteiger partial charge in [0.2, 0.25) is 0 Å². The van der Waals surface area contributed by atoms with Crippen molar-refractivity contribution >= 4 is 0 Å². The summed E-state index contributed by atoms with van der Waals surface area (Å²) in [5.74, 6) is 0. The van der Waals surface area contributed by atoms with Gasteiger partial charge in [0.15, 0.2) is 0 Å². The Bertz CT molecular complexity index is 180. The predicted octanol–water partition coefficient (Wildman–Crippen LogP) is 1.19. The summed E-state index contributed by atoms with van der Waals surface area (Å²) in [6.45, 7) is 10.3. The van der Waals surface area contributed by atoms with Crippen molar-refractivity contribution in [2.45, 2.75) is 32.2 Å². The lowest BCUT2D eigenvalue weighted by Crippen LogP contribution is -2.45. The Morgan fingerprint density at radius 3 is 2.73 bits per heavy atom. The van der Waals surface area contributed by atoms with Crippen molar-refractivity contribution < 1.29 is 4.74 Å². The van der Waals surface area contributed by atoms with Gasteiger partial charge in [-0.3, -0.25) is 9.80 Å². The van der Waals surface area contributed by atoms with Crippen LogP contribution in [0, 0.1) is 0 Å². The number of likely N-dealkylation sites (tertiary alicyclic amines) is 1. The molecule has 2 fully saturated rings.